The lowest BCUT2D eigenvalue weighted by atomic mass is 10.1. The van der Waals surface area contributed by atoms with Gasteiger partial charge in [-0.15, -0.1) is 0 Å². The van der Waals surface area contributed by atoms with E-state index in [4.69, 9.17) is 5.11 Å². The van der Waals surface area contributed by atoms with Crippen molar-refractivity contribution in [2.24, 2.45) is 11.0 Å². The molecule has 2 aliphatic heterocycles. The van der Waals surface area contributed by atoms with Crippen LogP contribution in [0, 0.1) is 5.92 Å². The molecule has 1 fully saturated rings. The Morgan fingerprint density at radius 1 is 1.75 bits per heavy atom. The zero-order valence-electron chi connectivity index (χ0n) is 6.56. The molecule has 1 saturated heterocycles. The number of carbonyl (C=O) groups is 1. The minimum Gasteiger partial charge on any atom is -0.394 e. The fourth-order valence-electron chi connectivity index (χ4n) is 1.43. The molecule has 0 bridgehead atoms. The van der Waals surface area contributed by atoms with Crippen LogP contribution in [0.2, 0.25) is 0 Å². The van der Waals surface area contributed by atoms with Crippen LogP contribution in [0.1, 0.15) is 0 Å². The van der Waals surface area contributed by atoms with E-state index < -0.39 is 0 Å². The molecule has 4 nitrogen and oxygen atoms in total. The van der Waals surface area contributed by atoms with Gasteiger partial charge in [0.25, 0.3) is 5.91 Å². The number of thioether (sulfide) groups is 1. The number of amides is 1. The second-order valence-electron chi connectivity index (χ2n) is 2.84. The Morgan fingerprint density at radius 3 is 3.25 bits per heavy atom. The molecule has 2 rings (SSSR count). The average molecular weight is 186 g/mol. The lowest BCUT2D eigenvalue weighted by Gasteiger charge is -2.10. The summed E-state index contributed by atoms with van der Waals surface area (Å²) in [5.74, 6) is 1.81. The second kappa shape index (κ2) is 3.06. The summed E-state index contributed by atoms with van der Waals surface area (Å²) in [6, 6.07) is 0. The standard InChI is InChI=1S/C7H10N2O2S/c10-2-1-9-7(11)5-3-12-4-6(5)8-9/h5,10H,1-4H2. The molecule has 1 amide bonds. The minimum atomic E-state index is -0.0115. The maximum Gasteiger partial charge on any atom is 0.252 e. The monoisotopic (exact) mass is 186 g/mol. The van der Waals surface area contributed by atoms with Crippen molar-refractivity contribution in [3.63, 3.8) is 0 Å². The van der Waals surface area contributed by atoms with Crippen LogP contribution in [-0.4, -0.2) is 46.4 Å². The molecular weight excluding hydrogens is 176 g/mol. The summed E-state index contributed by atoms with van der Waals surface area (Å²) in [7, 11) is 0. The van der Waals surface area contributed by atoms with E-state index in [0.29, 0.717) is 6.54 Å². The number of hydrogen-bond donors (Lipinski definition) is 1. The van der Waals surface area contributed by atoms with Gasteiger partial charge in [0, 0.05) is 11.5 Å². The molecule has 0 saturated carbocycles. The number of β-amino-alcohol motifs (C(OH)–C–C–N with tert-alkyl or cyclic N) is 1. The zero-order chi connectivity index (χ0) is 8.55. The number of hydrazone groups is 1. The Labute approximate surface area is 74.6 Å². The van der Waals surface area contributed by atoms with Crippen molar-refractivity contribution in [1.82, 2.24) is 5.01 Å². The zero-order valence-corrected chi connectivity index (χ0v) is 7.38. The smallest absolute Gasteiger partial charge is 0.252 e. The third kappa shape index (κ3) is 1.13. The maximum absolute atomic E-state index is 11.5. The molecule has 66 valence electrons. The molecule has 0 aromatic carbocycles. The predicted octanol–water partition coefficient (Wildman–Crippen LogP) is -0.460. The van der Waals surface area contributed by atoms with E-state index in [1.807, 2.05) is 0 Å². The minimum absolute atomic E-state index is 0.0115. The molecule has 0 aromatic heterocycles. The van der Waals surface area contributed by atoms with Gasteiger partial charge in [0.2, 0.25) is 0 Å². The first-order valence-corrected chi connectivity index (χ1v) is 5.05. The van der Waals surface area contributed by atoms with Gasteiger partial charge in [-0.25, -0.2) is 5.01 Å². The van der Waals surface area contributed by atoms with E-state index in [1.165, 1.54) is 5.01 Å². The van der Waals surface area contributed by atoms with Crippen LogP contribution in [0.5, 0.6) is 0 Å². The quantitative estimate of drug-likeness (QED) is 0.635. The lowest BCUT2D eigenvalue weighted by Crippen LogP contribution is -2.29. The van der Waals surface area contributed by atoms with Crippen molar-refractivity contribution in [1.29, 1.82) is 0 Å². The number of hydrogen-bond acceptors (Lipinski definition) is 4. The SMILES string of the molecule is O=C1C2CSCC2=NN1CCO. The Hall–Kier alpha value is -0.550. The van der Waals surface area contributed by atoms with E-state index in [2.05, 4.69) is 5.10 Å². The highest BCUT2D eigenvalue weighted by atomic mass is 32.2. The molecule has 12 heavy (non-hydrogen) atoms. The fourth-order valence-corrected chi connectivity index (χ4v) is 2.59. The molecule has 1 N–H and O–H groups in total. The van der Waals surface area contributed by atoms with Crippen LogP contribution in [0.25, 0.3) is 0 Å². The first-order valence-electron chi connectivity index (χ1n) is 3.90. The lowest BCUT2D eigenvalue weighted by molar-refractivity contribution is -0.131. The predicted molar refractivity (Wildman–Crippen MR) is 47.0 cm³/mol. The highest BCUT2D eigenvalue weighted by Crippen LogP contribution is 2.28. The van der Waals surface area contributed by atoms with E-state index in [0.717, 1.165) is 17.2 Å². The van der Waals surface area contributed by atoms with Crippen molar-refractivity contribution < 1.29 is 9.90 Å². The first kappa shape index (κ1) is 8.07. The highest BCUT2D eigenvalue weighted by molar-refractivity contribution is 8.00. The van der Waals surface area contributed by atoms with E-state index in [-0.39, 0.29) is 18.4 Å². The summed E-state index contributed by atoms with van der Waals surface area (Å²) in [6.07, 6.45) is 0. The number of carbonyl (C=O) groups excluding carboxylic acids is 1. The van der Waals surface area contributed by atoms with Gasteiger partial charge in [-0.3, -0.25) is 4.79 Å². The molecular formula is C7H10N2O2S. The molecule has 5 heteroatoms. The third-order valence-corrected chi connectivity index (χ3v) is 3.12. The maximum atomic E-state index is 11.5. The summed E-state index contributed by atoms with van der Waals surface area (Å²) in [5.41, 5.74) is 0.985. The van der Waals surface area contributed by atoms with Gasteiger partial charge in [-0.1, -0.05) is 0 Å². The van der Waals surface area contributed by atoms with Gasteiger partial charge in [-0.05, 0) is 0 Å². The van der Waals surface area contributed by atoms with Crippen molar-refractivity contribution in [2.45, 2.75) is 0 Å². The number of nitrogens with zero attached hydrogens (tertiary/aromatic N) is 2. The van der Waals surface area contributed by atoms with Gasteiger partial charge in [0.05, 0.1) is 24.8 Å². The Morgan fingerprint density at radius 2 is 2.58 bits per heavy atom. The third-order valence-electron chi connectivity index (χ3n) is 2.05. The summed E-state index contributed by atoms with van der Waals surface area (Å²) in [5, 5.41) is 14.2. The Kier molecular flexibility index (Phi) is 2.06. The second-order valence-corrected chi connectivity index (χ2v) is 3.87. The average Bonchev–Trinajstić information content (AvgIpc) is 2.58. The van der Waals surface area contributed by atoms with Crippen LogP contribution >= 0.6 is 11.8 Å². The highest BCUT2D eigenvalue weighted by Gasteiger charge is 2.38. The van der Waals surface area contributed by atoms with Crippen LogP contribution in [-0.2, 0) is 4.79 Å². The van der Waals surface area contributed by atoms with Crippen LogP contribution in [0.3, 0.4) is 0 Å². The van der Waals surface area contributed by atoms with Crippen LogP contribution in [0.4, 0.5) is 0 Å². The fraction of sp³-hybridized carbons (Fsp3) is 0.714. The molecule has 0 aliphatic carbocycles. The molecule has 1 atom stereocenters. The summed E-state index contributed by atoms with van der Waals surface area (Å²) in [4.78, 5) is 11.5. The van der Waals surface area contributed by atoms with Gasteiger partial charge in [0.15, 0.2) is 0 Å². The van der Waals surface area contributed by atoms with E-state index in [1.54, 1.807) is 11.8 Å². The summed E-state index contributed by atoms with van der Waals surface area (Å²) >= 11 is 1.75. The van der Waals surface area contributed by atoms with E-state index in [9.17, 15) is 4.79 Å². The summed E-state index contributed by atoms with van der Waals surface area (Å²) in [6.45, 7) is 0.325. The summed E-state index contributed by atoms with van der Waals surface area (Å²) < 4.78 is 0. The largest absolute Gasteiger partial charge is 0.394 e. The van der Waals surface area contributed by atoms with Crippen LogP contribution in [0.15, 0.2) is 5.10 Å². The molecule has 0 radical (unpaired) electrons. The van der Waals surface area contributed by atoms with Crippen molar-refractivity contribution in [3.8, 4) is 0 Å². The number of aliphatic hydroxyl groups is 1. The number of aliphatic hydroxyl groups excluding tert-OH is 1. The molecule has 0 spiro atoms. The normalized spacial score (nSPS) is 27.8. The molecule has 2 heterocycles. The molecule has 2 aliphatic rings. The molecule has 0 aromatic rings. The molecule has 1 unspecified atom stereocenters. The van der Waals surface area contributed by atoms with Gasteiger partial charge in [0.1, 0.15) is 0 Å². The van der Waals surface area contributed by atoms with Crippen molar-refractivity contribution in [3.05, 3.63) is 0 Å². The Bertz CT molecular complexity index is 242. The van der Waals surface area contributed by atoms with Crippen LogP contribution < -0.4 is 0 Å². The first-order chi connectivity index (χ1) is 5.83. The number of rotatable bonds is 2. The van der Waals surface area contributed by atoms with Crippen molar-refractivity contribution >= 4 is 23.4 Å². The van der Waals surface area contributed by atoms with Gasteiger partial charge >= 0.3 is 0 Å². The van der Waals surface area contributed by atoms with Crippen molar-refractivity contribution in [2.75, 3.05) is 24.7 Å². The van der Waals surface area contributed by atoms with E-state index >= 15 is 0 Å². The van der Waals surface area contributed by atoms with Gasteiger partial charge < -0.3 is 5.11 Å². The van der Waals surface area contributed by atoms with Gasteiger partial charge in [-0.2, -0.15) is 16.9 Å². The topological polar surface area (TPSA) is 52.9 Å². The Balaban J connectivity index is 2.11. The number of fused-ring (bicyclic) bond motifs is 1.